The number of rotatable bonds is 5. The van der Waals surface area contributed by atoms with Crippen LogP contribution in [0.3, 0.4) is 0 Å². The maximum Gasteiger partial charge on any atom is 0.308 e. The van der Waals surface area contributed by atoms with Crippen molar-refractivity contribution in [2.45, 2.75) is 19.4 Å². The summed E-state index contributed by atoms with van der Waals surface area (Å²) in [6.07, 6.45) is 2.70. The zero-order chi connectivity index (χ0) is 15.2. The van der Waals surface area contributed by atoms with Crippen LogP contribution in [-0.4, -0.2) is 42.2 Å². The number of nitrogens with one attached hydrogen (secondary N) is 1. The van der Waals surface area contributed by atoms with E-state index in [0.29, 0.717) is 0 Å². The molecular formula is C16H22N2O3. The molecule has 1 atom stereocenters. The molecule has 1 saturated heterocycles. The van der Waals surface area contributed by atoms with E-state index in [4.69, 9.17) is 4.74 Å². The van der Waals surface area contributed by atoms with Gasteiger partial charge in [-0.1, -0.05) is 12.1 Å². The molecule has 0 bridgehead atoms. The van der Waals surface area contributed by atoms with Crippen molar-refractivity contribution < 1.29 is 14.6 Å². The van der Waals surface area contributed by atoms with E-state index in [0.717, 1.165) is 38.2 Å². The fourth-order valence-corrected chi connectivity index (χ4v) is 2.63. The molecule has 1 fully saturated rings. The normalized spacial score (nSPS) is 17.2. The molecule has 1 aliphatic rings. The first-order chi connectivity index (χ1) is 10.1. The van der Waals surface area contributed by atoms with Crippen LogP contribution in [0.15, 0.2) is 30.9 Å². The van der Waals surface area contributed by atoms with Crippen LogP contribution in [0.1, 0.15) is 24.9 Å². The van der Waals surface area contributed by atoms with Crippen LogP contribution < -0.4 is 10.1 Å². The van der Waals surface area contributed by atoms with Gasteiger partial charge in [-0.15, -0.1) is 6.58 Å². The first kappa shape index (κ1) is 15.5. The highest BCUT2D eigenvalue weighted by Gasteiger charge is 2.22. The Morgan fingerprint density at radius 2 is 2.24 bits per heavy atom. The molecule has 0 saturated carbocycles. The Labute approximate surface area is 125 Å². The van der Waals surface area contributed by atoms with E-state index in [9.17, 15) is 9.90 Å². The van der Waals surface area contributed by atoms with Gasteiger partial charge in [0.2, 0.25) is 0 Å². The van der Waals surface area contributed by atoms with Crippen molar-refractivity contribution in [3.05, 3.63) is 36.4 Å². The van der Waals surface area contributed by atoms with Gasteiger partial charge in [0.05, 0.1) is 0 Å². The van der Waals surface area contributed by atoms with Gasteiger partial charge >= 0.3 is 5.97 Å². The van der Waals surface area contributed by atoms with Crippen LogP contribution in [0.4, 0.5) is 0 Å². The number of hydrogen-bond acceptors (Lipinski definition) is 5. The second-order valence-electron chi connectivity index (χ2n) is 5.15. The molecule has 1 heterocycles. The number of piperazine rings is 1. The number of hydrogen-bond donors (Lipinski definition) is 2. The average molecular weight is 290 g/mol. The van der Waals surface area contributed by atoms with Crippen LogP contribution in [-0.2, 0) is 4.79 Å². The smallest absolute Gasteiger partial charge is 0.308 e. The van der Waals surface area contributed by atoms with Gasteiger partial charge in [0.15, 0.2) is 11.5 Å². The summed E-state index contributed by atoms with van der Waals surface area (Å²) in [6.45, 7) is 8.99. The lowest BCUT2D eigenvalue weighted by molar-refractivity contribution is -0.132. The zero-order valence-electron chi connectivity index (χ0n) is 12.3. The van der Waals surface area contributed by atoms with E-state index in [1.54, 1.807) is 12.1 Å². The average Bonchev–Trinajstić information content (AvgIpc) is 2.47. The van der Waals surface area contributed by atoms with Gasteiger partial charge in [0.25, 0.3) is 0 Å². The summed E-state index contributed by atoms with van der Waals surface area (Å²) in [5.74, 6) is -0.251. The second kappa shape index (κ2) is 7.24. The number of nitrogens with zero attached hydrogens (tertiary/aromatic N) is 1. The highest BCUT2D eigenvalue weighted by atomic mass is 16.5. The summed E-state index contributed by atoms with van der Waals surface area (Å²) in [7, 11) is 0. The lowest BCUT2D eigenvalue weighted by Crippen LogP contribution is -2.45. The standard InChI is InChI=1S/C16H22N2O3/c1-3-4-14(18-9-7-17-8-10-18)13-5-6-16(15(20)11-13)21-12(2)19/h3,5-6,11,14,17,20H,1,4,7-10H2,2H3/t14-/m0/s1. The number of carbonyl (C=O) groups is 1. The summed E-state index contributed by atoms with van der Waals surface area (Å²) in [5, 5.41) is 13.4. The molecule has 5 nitrogen and oxygen atoms in total. The predicted octanol–water partition coefficient (Wildman–Crippen LogP) is 1.84. The quantitative estimate of drug-likeness (QED) is 0.492. The van der Waals surface area contributed by atoms with Crippen molar-refractivity contribution in [2.24, 2.45) is 0 Å². The minimum absolute atomic E-state index is 0.00750. The summed E-state index contributed by atoms with van der Waals surface area (Å²) in [6, 6.07) is 5.40. The lowest BCUT2D eigenvalue weighted by Gasteiger charge is -2.34. The molecule has 1 aromatic carbocycles. The maximum atomic E-state index is 11.0. The van der Waals surface area contributed by atoms with E-state index in [1.165, 1.54) is 6.92 Å². The summed E-state index contributed by atoms with van der Waals surface area (Å²) in [5.41, 5.74) is 1.00. The number of esters is 1. The number of phenols is 1. The highest BCUT2D eigenvalue weighted by molar-refractivity contribution is 5.70. The first-order valence-electron chi connectivity index (χ1n) is 7.19. The van der Waals surface area contributed by atoms with Crippen LogP contribution in [0.25, 0.3) is 0 Å². The number of aromatic hydroxyl groups is 1. The van der Waals surface area contributed by atoms with Gasteiger partial charge in [-0.05, 0) is 24.1 Å². The third-order valence-electron chi connectivity index (χ3n) is 3.60. The fraction of sp³-hybridized carbons (Fsp3) is 0.438. The van der Waals surface area contributed by atoms with Crippen LogP contribution in [0.2, 0.25) is 0 Å². The van der Waals surface area contributed by atoms with Crippen molar-refractivity contribution in [3.8, 4) is 11.5 Å². The molecule has 0 aromatic heterocycles. The molecule has 0 amide bonds. The third kappa shape index (κ3) is 4.06. The molecule has 114 valence electrons. The fourth-order valence-electron chi connectivity index (χ4n) is 2.63. The maximum absolute atomic E-state index is 11.0. The topological polar surface area (TPSA) is 61.8 Å². The molecule has 0 radical (unpaired) electrons. The summed E-state index contributed by atoms with van der Waals surface area (Å²) in [4.78, 5) is 13.3. The summed E-state index contributed by atoms with van der Waals surface area (Å²) >= 11 is 0. The van der Waals surface area contributed by atoms with Crippen molar-refractivity contribution in [1.82, 2.24) is 10.2 Å². The van der Waals surface area contributed by atoms with Crippen LogP contribution in [0, 0.1) is 0 Å². The van der Waals surface area contributed by atoms with Crippen molar-refractivity contribution >= 4 is 5.97 Å². The van der Waals surface area contributed by atoms with E-state index < -0.39 is 5.97 Å². The molecular weight excluding hydrogens is 268 g/mol. The third-order valence-corrected chi connectivity index (χ3v) is 3.60. The zero-order valence-corrected chi connectivity index (χ0v) is 12.3. The molecule has 5 heteroatoms. The van der Waals surface area contributed by atoms with Gasteiger partial charge in [-0.3, -0.25) is 9.69 Å². The van der Waals surface area contributed by atoms with Gasteiger partial charge in [-0.2, -0.15) is 0 Å². The largest absolute Gasteiger partial charge is 0.504 e. The van der Waals surface area contributed by atoms with E-state index in [1.807, 2.05) is 12.1 Å². The number of ether oxygens (including phenoxy) is 1. The number of benzene rings is 1. The SMILES string of the molecule is C=CC[C@@H](c1ccc(OC(C)=O)c(O)c1)N1CCNCC1. The molecule has 0 unspecified atom stereocenters. The number of carbonyl (C=O) groups excluding carboxylic acids is 1. The molecule has 1 aliphatic heterocycles. The Morgan fingerprint density at radius 3 is 2.81 bits per heavy atom. The van der Waals surface area contributed by atoms with Crippen LogP contribution >= 0.6 is 0 Å². The van der Waals surface area contributed by atoms with Gasteiger partial charge in [0, 0.05) is 39.1 Å². The van der Waals surface area contributed by atoms with Gasteiger partial charge < -0.3 is 15.2 Å². The molecule has 2 rings (SSSR count). The highest BCUT2D eigenvalue weighted by Crippen LogP contribution is 2.33. The van der Waals surface area contributed by atoms with Crippen molar-refractivity contribution in [3.63, 3.8) is 0 Å². The van der Waals surface area contributed by atoms with Crippen LogP contribution in [0.5, 0.6) is 11.5 Å². The Morgan fingerprint density at radius 1 is 1.52 bits per heavy atom. The Bertz CT molecular complexity index is 510. The second-order valence-corrected chi connectivity index (χ2v) is 5.15. The predicted molar refractivity (Wildman–Crippen MR) is 81.4 cm³/mol. The Hall–Kier alpha value is -1.85. The summed E-state index contributed by atoms with van der Waals surface area (Å²) < 4.78 is 4.95. The minimum atomic E-state index is -0.442. The lowest BCUT2D eigenvalue weighted by atomic mass is 10.0. The molecule has 1 aromatic rings. The molecule has 0 spiro atoms. The number of phenolic OH excluding ortho intramolecular Hbond substituents is 1. The molecule has 21 heavy (non-hydrogen) atoms. The first-order valence-corrected chi connectivity index (χ1v) is 7.19. The van der Waals surface area contributed by atoms with E-state index in [2.05, 4.69) is 16.8 Å². The van der Waals surface area contributed by atoms with Gasteiger partial charge in [-0.25, -0.2) is 0 Å². The minimum Gasteiger partial charge on any atom is -0.504 e. The molecule has 2 N–H and O–H groups in total. The monoisotopic (exact) mass is 290 g/mol. The van der Waals surface area contributed by atoms with Crippen molar-refractivity contribution in [1.29, 1.82) is 0 Å². The van der Waals surface area contributed by atoms with Crippen molar-refractivity contribution in [2.75, 3.05) is 26.2 Å². The van der Waals surface area contributed by atoms with E-state index >= 15 is 0 Å². The van der Waals surface area contributed by atoms with E-state index in [-0.39, 0.29) is 17.5 Å². The Kier molecular flexibility index (Phi) is 5.36. The van der Waals surface area contributed by atoms with Gasteiger partial charge in [0.1, 0.15) is 0 Å². The Balaban J connectivity index is 2.21. The molecule has 0 aliphatic carbocycles.